The number of hydrogen-bond donors (Lipinski definition) is 0. The van der Waals surface area contributed by atoms with E-state index in [2.05, 4.69) is 0 Å². The average molecular weight is 267 g/mol. The molecule has 0 amide bonds. The van der Waals surface area contributed by atoms with Crippen LogP contribution in [0.15, 0.2) is 53.4 Å². The van der Waals surface area contributed by atoms with E-state index in [-0.39, 0.29) is 4.90 Å². The van der Waals surface area contributed by atoms with Crippen molar-refractivity contribution in [3.05, 3.63) is 54.1 Å². The van der Waals surface area contributed by atoms with Gasteiger partial charge in [0.1, 0.15) is 0 Å². The molecule has 0 aliphatic rings. The van der Waals surface area contributed by atoms with Crippen molar-refractivity contribution in [2.24, 2.45) is 0 Å². The molecule has 0 radical (unpaired) electrons. The van der Waals surface area contributed by atoms with Gasteiger partial charge in [0.2, 0.25) is 0 Å². The molecule has 0 bridgehead atoms. The summed E-state index contributed by atoms with van der Waals surface area (Å²) in [6.45, 7) is 2.02. The van der Waals surface area contributed by atoms with Crippen LogP contribution in [0.3, 0.4) is 0 Å². The van der Waals surface area contributed by atoms with Gasteiger partial charge in [-0.2, -0.15) is 0 Å². The monoisotopic (exact) mass is 266 g/mol. The quantitative estimate of drug-likeness (QED) is 0.779. The number of hydrogen-bond acceptors (Lipinski definition) is 2. The van der Waals surface area contributed by atoms with E-state index < -0.39 is 9.05 Å². The highest BCUT2D eigenvalue weighted by atomic mass is 35.7. The zero-order valence-electron chi connectivity index (χ0n) is 9.22. The lowest BCUT2D eigenvalue weighted by Crippen LogP contribution is -1.89. The molecule has 0 N–H and O–H groups in total. The molecule has 0 fully saturated rings. The fourth-order valence-corrected chi connectivity index (χ4v) is 2.33. The Hall–Kier alpha value is -1.32. The first-order valence-electron chi connectivity index (χ1n) is 5.08. The Bertz CT molecular complexity index is 613. The van der Waals surface area contributed by atoms with E-state index in [1.165, 1.54) is 17.7 Å². The predicted molar refractivity (Wildman–Crippen MR) is 69.7 cm³/mol. The fourth-order valence-electron chi connectivity index (χ4n) is 1.56. The van der Waals surface area contributed by atoms with E-state index in [1.807, 2.05) is 31.2 Å². The van der Waals surface area contributed by atoms with Gasteiger partial charge in [0.05, 0.1) is 4.90 Å². The molecule has 17 heavy (non-hydrogen) atoms. The minimum Gasteiger partial charge on any atom is -0.207 e. The second-order valence-electron chi connectivity index (χ2n) is 3.83. The van der Waals surface area contributed by atoms with Gasteiger partial charge in [-0.05, 0) is 30.2 Å². The summed E-state index contributed by atoms with van der Waals surface area (Å²) in [7, 11) is 1.61. The molecule has 0 atom stereocenters. The van der Waals surface area contributed by atoms with E-state index in [1.54, 1.807) is 12.1 Å². The Morgan fingerprint density at radius 2 is 1.24 bits per heavy atom. The molecule has 0 heterocycles. The van der Waals surface area contributed by atoms with E-state index >= 15 is 0 Å². The third-order valence-electron chi connectivity index (χ3n) is 2.52. The Balaban J connectivity index is 2.39. The highest BCUT2D eigenvalue weighted by Gasteiger charge is 2.09. The van der Waals surface area contributed by atoms with Crippen LogP contribution >= 0.6 is 10.7 Å². The number of rotatable bonds is 2. The van der Waals surface area contributed by atoms with Crippen LogP contribution in [-0.2, 0) is 9.05 Å². The number of halogens is 1. The summed E-state index contributed by atoms with van der Waals surface area (Å²) >= 11 is 0. The van der Waals surface area contributed by atoms with Crippen LogP contribution in [0.2, 0.25) is 0 Å². The van der Waals surface area contributed by atoms with Gasteiger partial charge in [-0.1, -0.05) is 42.0 Å². The molecule has 4 heteroatoms. The number of benzene rings is 2. The highest BCUT2D eigenvalue weighted by Crippen LogP contribution is 2.23. The van der Waals surface area contributed by atoms with E-state index in [0.717, 1.165) is 11.1 Å². The average Bonchev–Trinajstić information content (AvgIpc) is 2.29. The van der Waals surface area contributed by atoms with E-state index in [9.17, 15) is 8.42 Å². The SMILES string of the molecule is Cc1ccc(-c2ccc(S(=O)(=O)Cl)cc2)cc1. The normalized spacial score (nSPS) is 11.4. The summed E-state index contributed by atoms with van der Waals surface area (Å²) in [6, 6.07) is 14.6. The topological polar surface area (TPSA) is 34.1 Å². The van der Waals surface area contributed by atoms with Crippen molar-refractivity contribution in [1.29, 1.82) is 0 Å². The van der Waals surface area contributed by atoms with Gasteiger partial charge in [0.25, 0.3) is 9.05 Å². The summed E-state index contributed by atoms with van der Waals surface area (Å²) in [5, 5.41) is 0. The van der Waals surface area contributed by atoms with Gasteiger partial charge in [-0.25, -0.2) is 8.42 Å². The van der Waals surface area contributed by atoms with Gasteiger partial charge in [0, 0.05) is 10.7 Å². The number of aryl methyl sites for hydroxylation is 1. The maximum Gasteiger partial charge on any atom is 0.261 e. The molecule has 2 aromatic carbocycles. The van der Waals surface area contributed by atoms with Gasteiger partial charge < -0.3 is 0 Å². The van der Waals surface area contributed by atoms with E-state index in [0.29, 0.717) is 0 Å². The third kappa shape index (κ3) is 2.87. The Kier molecular flexibility index (Phi) is 3.22. The van der Waals surface area contributed by atoms with E-state index in [4.69, 9.17) is 10.7 Å². The summed E-state index contributed by atoms with van der Waals surface area (Å²) in [4.78, 5) is 0.120. The molecular formula is C13H11ClO2S. The summed E-state index contributed by atoms with van der Waals surface area (Å²) in [5.74, 6) is 0. The zero-order valence-corrected chi connectivity index (χ0v) is 10.8. The summed E-state index contributed by atoms with van der Waals surface area (Å²) in [6.07, 6.45) is 0. The third-order valence-corrected chi connectivity index (χ3v) is 3.89. The van der Waals surface area contributed by atoms with Gasteiger partial charge in [-0.3, -0.25) is 0 Å². The van der Waals surface area contributed by atoms with Crippen molar-refractivity contribution < 1.29 is 8.42 Å². The molecule has 2 nitrogen and oxygen atoms in total. The zero-order chi connectivity index (χ0) is 12.5. The molecular weight excluding hydrogens is 256 g/mol. The Morgan fingerprint density at radius 3 is 1.65 bits per heavy atom. The highest BCUT2D eigenvalue weighted by molar-refractivity contribution is 8.13. The van der Waals surface area contributed by atoms with Crippen molar-refractivity contribution in [3.8, 4) is 11.1 Å². The van der Waals surface area contributed by atoms with Crippen LogP contribution in [0.25, 0.3) is 11.1 Å². The second kappa shape index (κ2) is 4.51. The maximum absolute atomic E-state index is 11.1. The predicted octanol–water partition coefficient (Wildman–Crippen LogP) is 3.59. The van der Waals surface area contributed by atoms with Gasteiger partial charge in [-0.15, -0.1) is 0 Å². The second-order valence-corrected chi connectivity index (χ2v) is 6.39. The van der Waals surface area contributed by atoms with Crippen molar-refractivity contribution in [2.75, 3.05) is 0 Å². The Morgan fingerprint density at radius 1 is 0.824 bits per heavy atom. The summed E-state index contributed by atoms with van der Waals surface area (Å²) in [5.41, 5.74) is 3.21. The molecule has 0 saturated carbocycles. The summed E-state index contributed by atoms with van der Waals surface area (Å²) < 4.78 is 22.2. The maximum atomic E-state index is 11.1. The molecule has 0 aliphatic heterocycles. The van der Waals surface area contributed by atoms with Crippen molar-refractivity contribution >= 4 is 19.7 Å². The molecule has 88 valence electrons. The molecule has 2 aromatic rings. The van der Waals surface area contributed by atoms with Crippen LogP contribution in [0.4, 0.5) is 0 Å². The van der Waals surface area contributed by atoms with Gasteiger partial charge in [0.15, 0.2) is 0 Å². The first kappa shape index (κ1) is 12.1. The minimum atomic E-state index is -3.64. The minimum absolute atomic E-state index is 0.120. The van der Waals surface area contributed by atoms with Crippen molar-refractivity contribution in [1.82, 2.24) is 0 Å². The van der Waals surface area contributed by atoms with Crippen molar-refractivity contribution in [3.63, 3.8) is 0 Å². The lowest BCUT2D eigenvalue weighted by Gasteiger charge is -2.03. The molecule has 0 aromatic heterocycles. The smallest absolute Gasteiger partial charge is 0.207 e. The van der Waals surface area contributed by atoms with Crippen molar-refractivity contribution in [2.45, 2.75) is 11.8 Å². The lowest BCUT2D eigenvalue weighted by molar-refractivity contribution is 0.609. The Labute approximate surface area is 105 Å². The first-order valence-corrected chi connectivity index (χ1v) is 7.39. The fraction of sp³-hybridized carbons (Fsp3) is 0.0769. The first-order chi connectivity index (χ1) is 7.97. The molecule has 0 aliphatic carbocycles. The van der Waals surface area contributed by atoms with Crippen LogP contribution < -0.4 is 0 Å². The van der Waals surface area contributed by atoms with Crippen LogP contribution in [0.5, 0.6) is 0 Å². The van der Waals surface area contributed by atoms with Crippen LogP contribution in [0.1, 0.15) is 5.56 Å². The molecule has 0 spiro atoms. The molecule has 0 unspecified atom stereocenters. The lowest BCUT2D eigenvalue weighted by atomic mass is 10.0. The van der Waals surface area contributed by atoms with Crippen LogP contribution in [-0.4, -0.2) is 8.42 Å². The van der Waals surface area contributed by atoms with Gasteiger partial charge >= 0.3 is 0 Å². The van der Waals surface area contributed by atoms with Crippen LogP contribution in [0, 0.1) is 6.92 Å². The largest absolute Gasteiger partial charge is 0.261 e. The molecule has 0 saturated heterocycles. The standard InChI is InChI=1S/C13H11ClO2S/c1-10-2-4-11(5-3-10)12-6-8-13(9-7-12)17(14,15)16/h2-9H,1H3. The molecule has 2 rings (SSSR count).